The highest BCUT2D eigenvalue weighted by Crippen LogP contribution is 2.16. The SMILES string of the molecule is O=C(NCCS(=O)(=O)N1CCN(c2ccccn2)CC1)c1ccc(NC(=O)c2cccs2)cc1. The molecule has 4 rings (SSSR count). The van der Waals surface area contributed by atoms with Crippen LogP contribution < -0.4 is 15.5 Å². The highest BCUT2D eigenvalue weighted by Gasteiger charge is 2.27. The van der Waals surface area contributed by atoms with E-state index in [1.54, 1.807) is 42.6 Å². The first-order valence-electron chi connectivity index (χ1n) is 10.8. The average Bonchev–Trinajstić information content (AvgIpc) is 3.40. The van der Waals surface area contributed by atoms with Crippen molar-refractivity contribution >= 4 is 44.7 Å². The van der Waals surface area contributed by atoms with Gasteiger partial charge < -0.3 is 15.5 Å². The van der Waals surface area contributed by atoms with Crippen molar-refractivity contribution in [1.82, 2.24) is 14.6 Å². The van der Waals surface area contributed by atoms with Crippen LogP contribution in [0.25, 0.3) is 0 Å². The van der Waals surface area contributed by atoms with Crippen LogP contribution in [0, 0.1) is 0 Å². The minimum atomic E-state index is -3.48. The number of aromatic nitrogens is 1. The average molecular weight is 500 g/mol. The van der Waals surface area contributed by atoms with E-state index < -0.39 is 10.0 Å². The van der Waals surface area contributed by atoms with Gasteiger partial charge in [0.1, 0.15) is 5.82 Å². The second kappa shape index (κ2) is 10.8. The lowest BCUT2D eigenvalue weighted by Gasteiger charge is -2.34. The van der Waals surface area contributed by atoms with Crippen LogP contribution in [0.4, 0.5) is 11.5 Å². The summed E-state index contributed by atoms with van der Waals surface area (Å²) >= 11 is 1.34. The molecule has 0 atom stereocenters. The predicted octanol–water partition coefficient (Wildman–Crippen LogP) is 2.28. The maximum absolute atomic E-state index is 12.7. The zero-order valence-corrected chi connectivity index (χ0v) is 20.0. The van der Waals surface area contributed by atoms with Crippen molar-refractivity contribution in [2.45, 2.75) is 0 Å². The molecule has 1 aliphatic heterocycles. The quantitative estimate of drug-likeness (QED) is 0.492. The Morgan fingerprint density at radius 2 is 1.71 bits per heavy atom. The van der Waals surface area contributed by atoms with Gasteiger partial charge in [-0.2, -0.15) is 4.31 Å². The Labute approximate surface area is 202 Å². The van der Waals surface area contributed by atoms with Crippen LogP contribution in [0.3, 0.4) is 0 Å². The van der Waals surface area contributed by atoms with Gasteiger partial charge in [0.15, 0.2) is 0 Å². The molecule has 3 aromatic rings. The molecule has 1 aromatic carbocycles. The second-order valence-corrected chi connectivity index (χ2v) is 10.7. The van der Waals surface area contributed by atoms with Crippen molar-refractivity contribution < 1.29 is 18.0 Å². The summed E-state index contributed by atoms with van der Waals surface area (Å²) in [6.45, 7) is 1.91. The van der Waals surface area contributed by atoms with E-state index in [-0.39, 0.29) is 24.1 Å². The molecule has 0 bridgehead atoms. The molecule has 11 heteroatoms. The number of thiophene rings is 1. The van der Waals surface area contributed by atoms with E-state index in [1.165, 1.54) is 15.6 Å². The van der Waals surface area contributed by atoms with E-state index in [2.05, 4.69) is 20.5 Å². The van der Waals surface area contributed by atoms with Gasteiger partial charge in [0.05, 0.1) is 10.6 Å². The van der Waals surface area contributed by atoms with Gasteiger partial charge in [-0.25, -0.2) is 13.4 Å². The molecular formula is C23H25N5O4S2. The summed E-state index contributed by atoms with van der Waals surface area (Å²) in [7, 11) is -3.48. The standard InChI is InChI=1S/C23H25N5O4S2/c29-22(18-6-8-19(9-7-18)26-23(30)20-4-3-16-33-20)25-11-17-34(31,32)28-14-12-27(13-15-28)21-5-1-2-10-24-21/h1-10,16H,11-15,17H2,(H,25,29)(H,26,30). The van der Waals surface area contributed by atoms with Crippen molar-refractivity contribution in [1.29, 1.82) is 0 Å². The van der Waals surface area contributed by atoms with E-state index in [9.17, 15) is 18.0 Å². The van der Waals surface area contributed by atoms with Gasteiger partial charge in [0.25, 0.3) is 11.8 Å². The fourth-order valence-electron chi connectivity index (χ4n) is 3.57. The lowest BCUT2D eigenvalue weighted by Crippen LogP contribution is -2.50. The van der Waals surface area contributed by atoms with Crippen LogP contribution >= 0.6 is 11.3 Å². The highest BCUT2D eigenvalue weighted by molar-refractivity contribution is 7.89. The van der Waals surface area contributed by atoms with E-state index in [0.717, 1.165) is 5.82 Å². The number of nitrogens with one attached hydrogen (secondary N) is 2. The Balaban J connectivity index is 1.23. The first kappa shape index (κ1) is 23.9. The van der Waals surface area contributed by atoms with Crippen LogP contribution in [-0.2, 0) is 10.0 Å². The molecule has 1 aliphatic rings. The van der Waals surface area contributed by atoms with E-state index in [4.69, 9.17) is 0 Å². The number of hydrogen-bond acceptors (Lipinski definition) is 7. The number of anilines is 2. The molecule has 1 fully saturated rings. The summed E-state index contributed by atoms with van der Waals surface area (Å²) in [6.07, 6.45) is 1.72. The maximum atomic E-state index is 12.7. The zero-order chi connectivity index (χ0) is 24.0. The smallest absolute Gasteiger partial charge is 0.265 e. The van der Waals surface area contributed by atoms with Crippen molar-refractivity contribution in [2.24, 2.45) is 0 Å². The minimum Gasteiger partial charge on any atom is -0.354 e. The van der Waals surface area contributed by atoms with Crippen LogP contribution in [0.15, 0.2) is 66.2 Å². The topological polar surface area (TPSA) is 112 Å². The van der Waals surface area contributed by atoms with Crippen molar-refractivity contribution in [3.63, 3.8) is 0 Å². The third-order valence-corrected chi connectivity index (χ3v) is 8.14. The Morgan fingerprint density at radius 3 is 2.35 bits per heavy atom. The van der Waals surface area contributed by atoms with Gasteiger partial charge in [0.2, 0.25) is 10.0 Å². The predicted molar refractivity (Wildman–Crippen MR) is 133 cm³/mol. The van der Waals surface area contributed by atoms with E-state index in [0.29, 0.717) is 42.3 Å². The molecule has 0 saturated carbocycles. The molecule has 0 aliphatic carbocycles. The molecule has 0 radical (unpaired) electrons. The molecule has 2 amide bonds. The van der Waals surface area contributed by atoms with Gasteiger partial charge in [-0.1, -0.05) is 12.1 Å². The van der Waals surface area contributed by atoms with Crippen LogP contribution in [0.5, 0.6) is 0 Å². The number of piperazine rings is 1. The largest absolute Gasteiger partial charge is 0.354 e. The number of benzene rings is 1. The summed E-state index contributed by atoms with van der Waals surface area (Å²) in [5.74, 6) is 0.0885. The van der Waals surface area contributed by atoms with Crippen LogP contribution in [-0.4, -0.2) is 68.0 Å². The number of carbonyl (C=O) groups excluding carboxylic acids is 2. The second-order valence-electron chi connectivity index (χ2n) is 7.65. The van der Waals surface area contributed by atoms with Gasteiger partial charge in [-0.05, 0) is 47.8 Å². The molecule has 178 valence electrons. The molecule has 1 saturated heterocycles. The summed E-state index contributed by atoms with van der Waals surface area (Å²) in [5.41, 5.74) is 0.956. The lowest BCUT2D eigenvalue weighted by atomic mass is 10.2. The molecule has 2 N–H and O–H groups in total. The van der Waals surface area contributed by atoms with Crippen molar-refractivity contribution in [3.05, 3.63) is 76.6 Å². The summed E-state index contributed by atoms with van der Waals surface area (Å²) in [4.78, 5) is 31.5. The highest BCUT2D eigenvalue weighted by atomic mass is 32.2. The number of sulfonamides is 1. The third kappa shape index (κ3) is 5.99. The Bertz CT molecular complexity index is 1210. The normalized spacial score (nSPS) is 14.5. The summed E-state index contributed by atoms with van der Waals surface area (Å²) < 4.78 is 26.8. The van der Waals surface area contributed by atoms with Gasteiger partial charge in [-0.3, -0.25) is 9.59 Å². The number of carbonyl (C=O) groups is 2. The molecule has 0 spiro atoms. The van der Waals surface area contributed by atoms with E-state index in [1.807, 2.05) is 23.6 Å². The fraction of sp³-hybridized carbons (Fsp3) is 0.261. The zero-order valence-electron chi connectivity index (χ0n) is 18.4. The summed E-state index contributed by atoms with van der Waals surface area (Å²) in [6, 6.07) is 15.6. The number of nitrogens with zero attached hydrogens (tertiary/aromatic N) is 3. The monoisotopic (exact) mass is 499 g/mol. The molecular weight excluding hydrogens is 474 g/mol. The lowest BCUT2D eigenvalue weighted by molar-refractivity contribution is 0.0955. The van der Waals surface area contributed by atoms with E-state index >= 15 is 0 Å². The summed E-state index contributed by atoms with van der Waals surface area (Å²) in [5, 5.41) is 7.26. The number of rotatable bonds is 8. The fourth-order valence-corrected chi connectivity index (χ4v) is 5.52. The van der Waals surface area contributed by atoms with Crippen molar-refractivity contribution in [2.75, 3.05) is 48.7 Å². The van der Waals surface area contributed by atoms with Gasteiger partial charge in [-0.15, -0.1) is 11.3 Å². The van der Waals surface area contributed by atoms with Crippen LogP contribution in [0.1, 0.15) is 20.0 Å². The molecule has 3 heterocycles. The molecule has 0 unspecified atom stereocenters. The Hall–Kier alpha value is -3.28. The minimum absolute atomic E-state index is 0.0124. The molecule has 2 aromatic heterocycles. The maximum Gasteiger partial charge on any atom is 0.265 e. The first-order valence-corrected chi connectivity index (χ1v) is 13.3. The number of pyridine rings is 1. The first-order chi connectivity index (χ1) is 16.4. The molecule has 34 heavy (non-hydrogen) atoms. The van der Waals surface area contributed by atoms with Crippen molar-refractivity contribution in [3.8, 4) is 0 Å². The Kier molecular flexibility index (Phi) is 7.56. The number of hydrogen-bond donors (Lipinski definition) is 2. The number of amides is 2. The van der Waals surface area contributed by atoms with Gasteiger partial charge in [0, 0.05) is 50.2 Å². The third-order valence-electron chi connectivity index (χ3n) is 5.40. The van der Waals surface area contributed by atoms with Gasteiger partial charge >= 0.3 is 0 Å². The Morgan fingerprint density at radius 1 is 0.941 bits per heavy atom. The molecule has 9 nitrogen and oxygen atoms in total. The van der Waals surface area contributed by atoms with Crippen LogP contribution in [0.2, 0.25) is 0 Å².